The molecule has 0 saturated carbocycles. The largest absolute Gasteiger partial charge is 0.506 e. The van der Waals surface area contributed by atoms with E-state index in [9.17, 15) is 9.90 Å². The molecule has 2 N–H and O–H groups in total. The van der Waals surface area contributed by atoms with Crippen LogP contribution in [0, 0.1) is 0 Å². The molecule has 5 heteroatoms. The molecule has 0 spiro atoms. The van der Waals surface area contributed by atoms with Crippen LogP contribution in [0.4, 0.5) is 0 Å². The Labute approximate surface area is 133 Å². The number of rotatable bonds is 5. The highest BCUT2D eigenvalue weighted by Gasteiger charge is 2.29. The Hall–Kier alpha value is -1.45. The molecule has 3 nitrogen and oxygen atoms in total. The molecule has 0 radical (unpaired) electrons. The summed E-state index contributed by atoms with van der Waals surface area (Å²) in [5, 5.41) is 14.7. The number of phenolic OH excluding ortho intramolecular Hbond substituents is 1. The first-order valence-corrected chi connectivity index (χ1v) is 7.79. The molecule has 0 aromatic heterocycles. The second-order valence-electron chi connectivity index (χ2n) is 5.04. The summed E-state index contributed by atoms with van der Waals surface area (Å²) < 4.78 is 0. The van der Waals surface area contributed by atoms with E-state index in [1.54, 1.807) is 18.2 Å². The maximum atomic E-state index is 12.4. The fourth-order valence-electron chi connectivity index (χ4n) is 2.13. The number of benzene rings is 2. The molecule has 0 heterocycles. The van der Waals surface area contributed by atoms with E-state index in [4.69, 9.17) is 23.2 Å². The zero-order chi connectivity index (χ0) is 15.5. The summed E-state index contributed by atoms with van der Waals surface area (Å²) in [5.74, 6) is 0.0290. The van der Waals surface area contributed by atoms with E-state index < -0.39 is 5.54 Å². The van der Waals surface area contributed by atoms with Crippen LogP contribution in [0.3, 0.4) is 0 Å². The van der Waals surface area contributed by atoms with Crippen molar-refractivity contribution in [2.45, 2.75) is 18.9 Å². The molecule has 2 rings (SSSR count). The number of carbonyl (C=O) groups excluding carboxylic acids is 1. The van der Waals surface area contributed by atoms with Gasteiger partial charge in [-0.2, -0.15) is 0 Å². The third-order valence-electron chi connectivity index (χ3n) is 3.71. The van der Waals surface area contributed by atoms with E-state index in [2.05, 4.69) is 5.32 Å². The molecular formula is C16H17Cl2NO2. The standard InChI is InChI=1S/C16H17Cl2NO2/c1-2-16(9-17,10-18)19-15(21)13-8-7-11-5-3-4-6-12(11)14(13)20/h3-8,20H,2,9-10H2,1H3,(H,19,21). The number of nitrogens with one attached hydrogen (secondary N) is 1. The van der Waals surface area contributed by atoms with Crippen LogP contribution < -0.4 is 5.32 Å². The molecule has 1 amide bonds. The van der Waals surface area contributed by atoms with E-state index in [1.165, 1.54) is 0 Å². The monoisotopic (exact) mass is 325 g/mol. The normalized spacial score (nSPS) is 11.6. The number of alkyl halides is 2. The number of amides is 1. The van der Waals surface area contributed by atoms with E-state index in [0.29, 0.717) is 11.8 Å². The lowest BCUT2D eigenvalue weighted by Gasteiger charge is -2.29. The molecule has 0 atom stereocenters. The number of hydrogen-bond donors (Lipinski definition) is 2. The van der Waals surface area contributed by atoms with Gasteiger partial charge < -0.3 is 10.4 Å². The van der Waals surface area contributed by atoms with Crippen molar-refractivity contribution in [1.29, 1.82) is 0 Å². The van der Waals surface area contributed by atoms with Gasteiger partial charge in [-0.25, -0.2) is 0 Å². The number of fused-ring (bicyclic) bond motifs is 1. The Bertz CT molecular complexity index is 646. The molecule has 0 aliphatic heterocycles. The Balaban J connectivity index is 2.38. The van der Waals surface area contributed by atoms with Crippen molar-refractivity contribution >= 4 is 39.9 Å². The molecule has 2 aromatic rings. The van der Waals surface area contributed by atoms with Gasteiger partial charge in [-0.15, -0.1) is 23.2 Å². The summed E-state index contributed by atoms with van der Waals surface area (Å²) in [4.78, 5) is 12.4. The fourth-order valence-corrected chi connectivity index (χ4v) is 2.92. The van der Waals surface area contributed by atoms with Crippen LogP contribution in [-0.2, 0) is 0 Å². The summed E-state index contributed by atoms with van der Waals surface area (Å²) in [7, 11) is 0. The Kier molecular flexibility index (Phi) is 4.96. The minimum Gasteiger partial charge on any atom is -0.506 e. The van der Waals surface area contributed by atoms with Crippen molar-refractivity contribution in [2.75, 3.05) is 11.8 Å². The molecule has 21 heavy (non-hydrogen) atoms. The third kappa shape index (κ3) is 3.09. The van der Waals surface area contributed by atoms with Crippen molar-refractivity contribution in [3.05, 3.63) is 42.0 Å². The number of hydrogen-bond acceptors (Lipinski definition) is 2. The highest BCUT2D eigenvalue weighted by Crippen LogP contribution is 2.29. The first-order chi connectivity index (χ1) is 10.1. The summed E-state index contributed by atoms with van der Waals surface area (Å²) in [6.45, 7) is 1.91. The lowest BCUT2D eigenvalue weighted by molar-refractivity contribution is 0.0911. The SMILES string of the molecule is CCC(CCl)(CCl)NC(=O)c1ccc2ccccc2c1O. The zero-order valence-electron chi connectivity index (χ0n) is 11.7. The van der Waals surface area contributed by atoms with Gasteiger partial charge in [-0.05, 0) is 17.9 Å². The van der Waals surface area contributed by atoms with Gasteiger partial charge in [0, 0.05) is 17.1 Å². The fraction of sp³-hybridized carbons (Fsp3) is 0.312. The van der Waals surface area contributed by atoms with Gasteiger partial charge in [0.1, 0.15) is 5.75 Å². The molecular weight excluding hydrogens is 309 g/mol. The molecule has 0 aliphatic carbocycles. The average Bonchev–Trinajstić information content (AvgIpc) is 2.53. The van der Waals surface area contributed by atoms with E-state index >= 15 is 0 Å². The second-order valence-corrected chi connectivity index (χ2v) is 5.57. The Morgan fingerprint density at radius 1 is 1.19 bits per heavy atom. The van der Waals surface area contributed by atoms with Crippen LogP contribution in [0.1, 0.15) is 23.7 Å². The van der Waals surface area contributed by atoms with Crippen LogP contribution in [0.5, 0.6) is 5.75 Å². The van der Waals surface area contributed by atoms with Crippen molar-refractivity contribution in [2.24, 2.45) is 0 Å². The Morgan fingerprint density at radius 3 is 2.48 bits per heavy atom. The van der Waals surface area contributed by atoms with Gasteiger partial charge in [-0.3, -0.25) is 4.79 Å². The predicted octanol–water partition coefficient (Wildman–Crippen LogP) is 3.90. The minimum absolute atomic E-state index is 0.0280. The zero-order valence-corrected chi connectivity index (χ0v) is 13.2. The summed E-state index contributed by atoms with van der Waals surface area (Å²) in [5.41, 5.74) is -0.445. The smallest absolute Gasteiger partial charge is 0.255 e. The van der Waals surface area contributed by atoms with E-state index in [-0.39, 0.29) is 29.0 Å². The van der Waals surface area contributed by atoms with Gasteiger partial charge in [0.25, 0.3) is 5.91 Å². The number of phenols is 1. The summed E-state index contributed by atoms with van der Waals surface area (Å²) in [6, 6.07) is 10.8. The minimum atomic E-state index is -0.668. The third-order valence-corrected chi connectivity index (χ3v) is 4.74. The second kappa shape index (κ2) is 6.54. The molecule has 0 saturated heterocycles. The number of aromatic hydroxyl groups is 1. The van der Waals surface area contributed by atoms with Crippen LogP contribution >= 0.6 is 23.2 Å². The highest BCUT2D eigenvalue weighted by molar-refractivity contribution is 6.22. The molecule has 0 bridgehead atoms. The topological polar surface area (TPSA) is 49.3 Å². The van der Waals surface area contributed by atoms with Gasteiger partial charge in [0.15, 0.2) is 0 Å². The van der Waals surface area contributed by atoms with Gasteiger partial charge >= 0.3 is 0 Å². The summed E-state index contributed by atoms with van der Waals surface area (Å²) >= 11 is 11.9. The average molecular weight is 326 g/mol. The van der Waals surface area contributed by atoms with Crippen LogP contribution in [-0.4, -0.2) is 28.3 Å². The van der Waals surface area contributed by atoms with Crippen LogP contribution in [0.2, 0.25) is 0 Å². The molecule has 112 valence electrons. The molecule has 2 aromatic carbocycles. The quantitative estimate of drug-likeness (QED) is 0.819. The molecule has 0 aliphatic rings. The number of carbonyl (C=O) groups is 1. The number of halogens is 2. The lowest BCUT2D eigenvalue weighted by atomic mass is 9.99. The highest BCUT2D eigenvalue weighted by atomic mass is 35.5. The maximum Gasteiger partial charge on any atom is 0.255 e. The van der Waals surface area contributed by atoms with Crippen molar-refractivity contribution in [3.8, 4) is 5.75 Å². The predicted molar refractivity (Wildman–Crippen MR) is 87.5 cm³/mol. The van der Waals surface area contributed by atoms with E-state index in [1.807, 2.05) is 25.1 Å². The molecule has 0 unspecified atom stereocenters. The van der Waals surface area contributed by atoms with Crippen molar-refractivity contribution < 1.29 is 9.90 Å². The first-order valence-electron chi connectivity index (χ1n) is 6.72. The van der Waals surface area contributed by atoms with Crippen molar-refractivity contribution in [3.63, 3.8) is 0 Å². The van der Waals surface area contributed by atoms with Gasteiger partial charge in [0.05, 0.1) is 11.1 Å². The van der Waals surface area contributed by atoms with Crippen molar-refractivity contribution in [1.82, 2.24) is 5.32 Å². The first kappa shape index (κ1) is 15.9. The Morgan fingerprint density at radius 2 is 1.86 bits per heavy atom. The van der Waals surface area contributed by atoms with Crippen LogP contribution in [0.25, 0.3) is 10.8 Å². The maximum absolute atomic E-state index is 12.4. The van der Waals surface area contributed by atoms with Gasteiger partial charge in [0.2, 0.25) is 0 Å². The summed E-state index contributed by atoms with van der Waals surface area (Å²) in [6.07, 6.45) is 0.611. The molecule has 0 fully saturated rings. The lowest BCUT2D eigenvalue weighted by Crippen LogP contribution is -2.51. The van der Waals surface area contributed by atoms with Gasteiger partial charge in [-0.1, -0.05) is 37.3 Å². The van der Waals surface area contributed by atoms with Crippen LogP contribution in [0.15, 0.2) is 36.4 Å². The van der Waals surface area contributed by atoms with E-state index in [0.717, 1.165) is 5.39 Å².